The number of allylic oxidation sites excluding steroid dienone is 1. The number of benzene rings is 1. The van der Waals surface area contributed by atoms with Gasteiger partial charge in [-0.3, -0.25) is 0 Å². The van der Waals surface area contributed by atoms with Gasteiger partial charge in [-0.15, -0.1) is 24.4 Å². The summed E-state index contributed by atoms with van der Waals surface area (Å²) in [5.74, 6) is 1.02. The van der Waals surface area contributed by atoms with Crippen LogP contribution in [0.15, 0.2) is 51.9 Å². The molecule has 2 unspecified atom stereocenters. The van der Waals surface area contributed by atoms with Crippen molar-refractivity contribution in [3.8, 4) is 0 Å². The standard InChI is InChI=1S/C19H27NS2/c1-5-17-19(21)16(11-13(4)20)15(10-12(2)3)14-8-6-7-9-18(14)22-17/h6-9,12,15,17,21H,4-5,10-11,20H2,1-3H3. The first-order valence-electron chi connectivity index (χ1n) is 8.04. The van der Waals surface area contributed by atoms with Crippen LogP contribution in [0.5, 0.6) is 0 Å². The van der Waals surface area contributed by atoms with Crippen LogP contribution >= 0.6 is 24.4 Å². The van der Waals surface area contributed by atoms with Crippen molar-refractivity contribution in [2.75, 3.05) is 0 Å². The maximum atomic E-state index is 5.97. The molecule has 2 atom stereocenters. The number of rotatable bonds is 5. The molecular weight excluding hydrogens is 306 g/mol. The zero-order chi connectivity index (χ0) is 16.3. The first-order chi connectivity index (χ1) is 10.4. The molecule has 0 aliphatic carbocycles. The maximum Gasteiger partial charge on any atom is 0.0399 e. The molecule has 1 nitrogen and oxygen atoms in total. The van der Waals surface area contributed by atoms with E-state index >= 15 is 0 Å². The van der Waals surface area contributed by atoms with E-state index in [9.17, 15) is 0 Å². The van der Waals surface area contributed by atoms with Gasteiger partial charge in [-0.05, 0) is 40.9 Å². The highest BCUT2D eigenvalue weighted by Crippen LogP contribution is 2.48. The van der Waals surface area contributed by atoms with Gasteiger partial charge >= 0.3 is 0 Å². The topological polar surface area (TPSA) is 26.0 Å². The summed E-state index contributed by atoms with van der Waals surface area (Å²) in [5, 5.41) is 0.413. The highest BCUT2D eigenvalue weighted by atomic mass is 32.2. The predicted molar refractivity (Wildman–Crippen MR) is 103 cm³/mol. The fraction of sp³-hybridized carbons (Fsp3) is 0.474. The van der Waals surface area contributed by atoms with Crippen molar-refractivity contribution >= 4 is 24.4 Å². The average Bonchev–Trinajstić information content (AvgIpc) is 2.56. The molecule has 0 radical (unpaired) electrons. The lowest BCUT2D eigenvalue weighted by Gasteiger charge is -2.24. The molecule has 0 fully saturated rings. The van der Waals surface area contributed by atoms with Crippen LogP contribution < -0.4 is 5.73 Å². The van der Waals surface area contributed by atoms with Gasteiger partial charge < -0.3 is 5.73 Å². The SMILES string of the molecule is C=C(N)CC1=C(S)C(CC)Sc2ccccc2C1CC(C)C. The van der Waals surface area contributed by atoms with Crippen LogP contribution in [0.3, 0.4) is 0 Å². The molecule has 0 saturated heterocycles. The monoisotopic (exact) mass is 333 g/mol. The quantitative estimate of drug-likeness (QED) is 0.671. The molecule has 0 saturated carbocycles. The summed E-state index contributed by atoms with van der Waals surface area (Å²) in [7, 11) is 0. The molecule has 3 heteroatoms. The van der Waals surface area contributed by atoms with Gasteiger partial charge in [0, 0.05) is 28.2 Å². The zero-order valence-corrected chi connectivity index (χ0v) is 15.5. The van der Waals surface area contributed by atoms with Crippen LogP contribution in [-0.2, 0) is 0 Å². The van der Waals surface area contributed by atoms with Crippen LogP contribution in [0.2, 0.25) is 0 Å². The smallest absolute Gasteiger partial charge is 0.0399 e. The van der Waals surface area contributed by atoms with Crippen molar-refractivity contribution in [3.05, 3.63) is 52.6 Å². The Morgan fingerprint density at radius 1 is 1.36 bits per heavy atom. The molecular formula is C19H27NS2. The van der Waals surface area contributed by atoms with Gasteiger partial charge in [0.2, 0.25) is 0 Å². The van der Waals surface area contributed by atoms with Gasteiger partial charge in [-0.25, -0.2) is 0 Å². The second kappa shape index (κ2) is 7.65. The van der Waals surface area contributed by atoms with Gasteiger partial charge in [0.1, 0.15) is 0 Å². The van der Waals surface area contributed by atoms with E-state index in [1.54, 1.807) is 0 Å². The van der Waals surface area contributed by atoms with Gasteiger partial charge in [0.25, 0.3) is 0 Å². The molecule has 0 amide bonds. The summed E-state index contributed by atoms with van der Waals surface area (Å²) in [6, 6.07) is 8.80. The Bertz CT molecular complexity index is 575. The Morgan fingerprint density at radius 2 is 2.05 bits per heavy atom. The first-order valence-corrected chi connectivity index (χ1v) is 9.37. The van der Waals surface area contributed by atoms with E-state index in [2.05, 4.69) is 51.6 Å². The van der Waals surface area contributed by atoms with Crippen molar-refractivity contribution in [2.45, 2.75) is 56.1 Å². The minimum absolute atomic E-state index is 0.396. The minimum atomic E-state index is 0.396. The first kappa shape index (κ1) is 17.6. The Morgan fingerprint density at radius 3 is 2.64 bits per heavy atom. The lowest BCUT2D eigenvalue weighted by Crippen LogP contribution is -2.12. The summed E-state index contributed by atoms with van der Waals surface area (Å²) in [6.45, 7) is 10.7. The van der Waals surface area contributed by atoms with E-state index in [1.165, 1.54) is 20.9 Å². The summed E-state index contributed by atoms with van der Waals surface area (Å²) >= 11 is 6.87. The molecule has 120 valence electrons. The Balaban J connectivity index is 2.58. The minimum Gasteiger partial charge on any atom is -0.402 e. The molecule has 1 heterocycles. The largest absolute Gasteiger partial charge is 0.402 e. The normalized spacial score (nSPS) is 21.7. The Labute approximate surface area is 144 Å². The van der Waals surface area contributed by atoms with Crippen LogP contribution in [-0.4, -0.2) is 5.25 Å². The number of thiol groups is 1. The highest BCUT2D eigenvalue weighted by molar-refractivity contribution is 8.01. The van der Waals surface area contributed by atoms with Gasteiger partial charge in [0.05, 0.1) is 0 Å². The van der Waals surface area contributed by atoms with Crippen LogP contribution in [0.4, 0.5) is 0 Å². The van der Waals surface area contributed by atoms with Crippen LogP contribution in [0.1, 0.15) is 51.5 Å². The number of thioether (sulfide) groups is 1. The third-order valence-electron chi connectivity index (χ3n) is 4.11. The lowest BCUT2D eigenvalue weighted by molar-refractivity contribution is 0.526. The van der Waals surface area contributed by atoms with E-state index in [0.717, 1.165) is 25.0 Å². The van der Waals surface area contributed by atoms with Crippen molar-refractivity contribution in [2.24, 2.45) is 11.7 Å². The molecule has 2 N–H and O–H groups in total. The summed E-state index contributed by atoms with van der Waals surface area (Å²) in [5.41, 5.74) is 9.50. The zero-order valence-electron chi connectivity index (χ0n) is 13.8. The van der Waals surface area contributed by atoms with Crippen molar-refractivity contribution in [1.82, 2.24) is 0 Å². The lowest BCUT2D eigenvalue weighted by atomic mass is 9.82. The Kier molecular flexibility index (Phi) is 6.10. The van der Waals surface area contributed by atoms with Crippen LogP contribution in [0.25, 0.3) is 0 Å². The second-order valence-electron chi connectivity index (χ2n) is 6.48. The summed E-state index contributed by atoms with van der Waals surface area (Å²) in [4.78, 5) is 2.60. The molecule has 1 aliphatic rings. The second-order valence-corrected chi connectivity index (χ2v) is 8.21. The number of nitrogens with two attached hydrogens (primary N) is 1. The summed E-state index contributed by atoms with van der Waals surface area (Å²) < 4.78 is 0. The van der Waals surface area contributed by atoms with Gasteiger partial charge in [-0.2, -0.15) is 0 Å². The van der Waals surface area contributed by atoms with E-state index in [0.29, 0.717) is 17.1 Å². The molecule has 22 heavy (non-hydrogen) atoms. The number of fused-ring (bicyclic) bond motifs is 1. The Hall–Kier alpha value is -0.800. The average molecular weight is 334 g/mol. The maximum absolute atomic E-state index is 5.97. The third-order valence-corrected chi connectivity index (χ3v) is 6.37. The summed E-state index contributed by atoms with van der Waals surface area (Å²) in [6.07, 6.45) is 2.95. The molecule has 0 bridgehead atoms. The fourth-order valence-electron chi connectivity index (χ4n) is 3.13. The fourth-order valence-corrected chi connectivity index (χ4v) is 4.95. The van der Waals surface area contributed by atoms with Crippen molar-refractivity contribution in [3.63, 3.8) is 0 Å². The van der Waals surface area contributed by atoms with E-state index in [-0.39, 0.29) is 0 Å². The van der Waals surface area contributed by atoms with Crippen molar-refractivity contribution < 1.29 is 0 Å². The highest BCUT2D eigenvalue weighted by Gasteiger charge is 2.29. The van der Waals surface area contributed by atoms with E-state index in [1.807, 2.05) is 11.8 Å². The van der Waals surface area contributed by atoms with Gasteiger partial charge in [-0.1, -0.05) is 45.5 Å². The van der Waals surface area contributed by atoms with E-state index in [4.69, 9.17) is 18.4 Å². The molecule has 0 aromatic heterocycles. The molecule has 1 aromatic rings. The molecule has 2 rings (SSSR count). The van der Waals surface area contributed by atoms with Crippen molar-refractivity contribution in [1.29, 1.82) is 0 Å². The number of hydrogen-bond acceptors (Lipinski definition) is 3. The van der Waals surface area contributed by atoms with Crippen LogP contribution in [0, 0.1) is 5.92 Å². The molecule has 1 aliphatic heterocycles. The molecule has 1 aromatic carbocycles. The predicted octanol–water partition coefficient (Wildman–Crippen LogP) is 5.75. The number of hydrogen-bond donors (Lipinski definition) is 2. The third kappa shape index (κ3) is 3.94. The van der Waals surface area contributed by atoms with Gasteiger partial charge in [0.15, 0.2) is 0 Å². The van der Waals surface area contributed by atoms with E-state index < -0.39 is 0 Å². The molecule has 0 spiro atoms.